The van der Waals surface area contributed by atoms with Crippen molar-refractivity contribution in [3.8, 4) is 0 Å². The Balaban J connectivity index is 2.05. The van der Waals surface area contributed by atoms with Gasteiger partial charge < -0.3 is 14.6 Å². The number of aryl methyl sites for hydroxylation is 1. The van der Waals surface area contributed by atoms with E-state index in [1.165, 1.54) is 0 Å². The second-order valence-corrected chi connectivity index (χ2v) is 5.47. The Morgan fingerprint density at radius 1 is 1.19 bits per heavy atom. The summed E-state index contributed by atoms with van der Waals surface area (Å²) in [7, 11) is 0. The summed E-state index contributed by atoms with van der Waals surface area (Å²) in [5.41, 5.74) is 1.73. The highest BCUT2D eigenvalue weighted by molar-refractivity contribution is 5.99. The summed E-state index contributed by atoms with van der Waals surface area (Å²) in [6.45, 7) is 3.44. The molecule has 0 atom stereocenters. The highest BCUT2D eigenvalue weighted by atomic mass is 16.4. The maximum Gasteiger partial charge on any atom is 0.352 e. The number of carboxylic acid groups (broad SMARTS) is 1. The van der Waals surface area contributed by atoms with Crippen LogP contribution in [-0.4, -0.2) is 39.5 Å². The number of rotatable bonds is 3. The van der Waals surface area contributed by atoms with Crippen molar-refractivity contribution in [2.75, 3.05) is 13.1 Å². The summed E-state index contributed by atoms with van der Waals surface area (Å²) < 4.78 is 1.63. The fourth-order valence-corrected chi connectivity index (χ4v) is 3.12. The van der Waals surface area contributed by atoms with E-state index in [1.54, 1.807) is 11.5 Å². The van der Waals surface area contributed by atoms with E-state index in [-0.39, 0.29) is 18.1 Å². The van der Waals surface area contributed by atoms with Crippen LogP contribution in [0.2, 0.25) is 0 Å². The third-order valence-electron chi connectivity index (χ3n) is 4.18. The number of hydrogen-bond acceptors (Lipinski definition) is 2. The molecule has 1 aliphatic heterocycles. The average Bonchev–Trinajstić information content (AvgIpc) is 3.07. The molecule has 3 rings (SSSR count). The van der Waals surface area contributed by atoms with Crippen molar-refractivity contribution in [2.24, 2.45) is 0 Å². The zero-order valence-electron chi connectivity index (χ0n) is 12.0. The molecular formula is C16H18N2O3. The first-order chi connectivity index (χ1) is 10.1. The largest absolute Gasteiger partial charge is 0.477 e. The van der Waals surface area contributed by atoms with Crippen LogP contribution in [0.3, 0.4) is 0 Å². The van der Waals surface area contributed by atoms with Crippen molar-refractivity contribution in [1.82, 2.24) is 9.47 Å². The molecule has 0 unspecified atom stereocenters. The molecule has 1 amide bonds. The Kier molecular flexibility index (Phi) is 3.41. The smallest absolute Gasteiger partial charge is 0.352 e. The Morgan fingerprint density at radius 2 is 1.86 bits per heavy atom. The quantitative estimate of drug-likeness (QED) is 0.941. The lowest BCUT2D eigenvalue weighted by Gasteiger charge is -2.17. The lowest BCUT2D eigenvalue weighted by atomic mass is 10.1. The topological polar surface area (TPSA) is 62.5 Å². The van der Waals surface area contributed by atoms with Gasteiger partial charge in [-0.25, -0.2) is 4.79 Å². The lowest BCUT2D eigenvalue weighted by Crippen LogP contribution is -2.31. The molecule has 0 aliphatic carbocycles. The van der Waals surface area contributed by atoms with E-state index in [1.807, 2.05) is 29.2 Å². The highest BCUT2D eigenvalue weighted by Crippen LogP contribution is 2.26. The number of para-hydroxylation sites is 1. The fourth-order valence-electron chi connectivity index (χ4n) is 3.12. The first-order valence-corrected chi connectivity index (χ1v) is 7.18. The first kappa shape index (κ1) is 13.7. The Bertz CT molecular complexity index is 712. The van der Waals surface area contributed by atoms with E-state index < -0.39 is 5.97 Å². The second kappa shape index (κ2) is 5.24. The van der Waals surface area contributed by atoms with Crippen LogP contribution in [0.4, 0.5) is 0 Å². The first-order valence-electron chi connectivity index (χ1n) is 7.18. The fraction of sp³-hybridized carbons (Fsp3) is 0.375. The van der Waals surface area contributed by atoms with Gasteiger partial charge in [0.25, 0.3) is 0 Å². The molecule has 1 aromatic carbocycles. The van der Waals surface area contributed by atoms with Crippen LogP contribution in [0, 0.1) is 6.92 Å². The predicted octanol–water partition coefficient (Wildman–Crippen LogP) is 2.27. The van der Waals surface area contributed by atoms with E-state index in [9.17, 15) is 14.7 Å². The van der Waals surface area contributed by atoms with E-state index in [2.05, 4.69) is 0 Å². The third-order valence-corrected chi connectivity index (χ3v) is 4.18. The molecule has 0 spiro atoms. The molecule has 2 heterocycles. The van der Waals surface area contributed by atoms with E-state index in [4.69, 9.17) is 0 Å². The molecule has 21 heavy (non-hydrogen) atoms. The molecule has 5 nitrogen and oxygen atoms in total. The number of aromatic nitrogens is 1. The van der Waals surface area contributed by atoms with Crippen molar-refractivity contribution in [2.45, 2.75) is 26.3 Å². The van der Waals surface area contributed by atoms with Crippen LogP contribution in [-0.2, 0) is 11.3 Å². The van der Waals surface area contributed by atoms with Crippen LogP contribution in [0.25, 0.3) is 10.9 Å². The molecular weight excluding hydrogens is 268 g/mol. The Hall–Kier alpha value is -2.30. The number of nitrogens with zero attached hydrogens (tertiary/aromatic N) is 2. The third kappa shape index (κ3) is 2.28. The van der Waals surface area contributed by atoms with Gasteiger partial charge in [0.2, 0.25) is 5.91 Å². The van der Waals surface area contributed by atoms with E-state index in [0.29, 0.717) is 5.56 Å². The van der Waals surface area contributed by atoms with Crippen molar-refractivity contribution in [3.63, 3.8) is 0 Å². The van der Waals surface area contributed by atoms with Gasteiger partial charge in [0, 0.05) is 24.0 Å². The van der Waals surface area contributed by atoms with Gasteiger partial charge in [-0.05, 0) is 31.4 Å². The summed E-state index contributed by atoms with van der Waals surface area (Å²) in [5.74, 6) is -0.992. The van der Waals surface area contributed by atoms with E-state index >= 15 is 0 Å². The highest BCUT2D eigenvalue weighted by Gasteiger charge is 2.24. The number of carbonyl (C=O) groups is 2. The second-order valence-electron chi connectivity index (χ2n) is 5.47. The Labute approximate surface area is 122 Å². The van der Waals surface area contributed by atoms with Gasteiger partial charge >= 0.3 is 5.97 Å². The average molecular weight is 286 g/mol. The number of fused-ring (bicyclic) bond motifs is 1. The molecule has 1 aromatic heterocycles. The summed E-state index contributed by atoms with van der Waals surface area (Å²) in [6, 6.07) is 7.51. The molecule has 5 heteroatoms. The van der Waals surface area contributed by atoms with E-state index in [0.717, 1.165) is 36.8 Å². The molecule has 1 aliphatic rings. The van der Waals surface area contributed by atoms with Gasteiger partial charge in [-0.2, -0.15) is 0 Å². The van der Waals surface area contributed by atoms with Crippen LogP contribution >= 0.6 is 0 Å². The number of amides is 1. The summed E-state index contributed by atoms with van der Waals surface area (Å²) in [5, 5.41) is 10.4. The van der Waals surface area contributed by atoms with Crippen LogP contribution < -0.4 is 0 Å². The minimum Gasteiger partial charge on any atom is -0.477 e. The van der Waals surface area contributed by atoms with Crippen LogP contribution in [0.15, 0.2) is 24.3 Å². The van der Waals surface area contributed by atoms with Gasteiger partial charge in [0.05, 0.1) is 0 Å². The Morgan fingerprint density at radius 3 is 2.52 bits per heavy atom. The van der Waals surface area contributed by atoms with Crippen molar-refractivity contribution < 1.29 is 14.7 Å². The minimum atomic E-state index is -0.988. The maximum absolute atomic E-state index is 12.4. The summed E-state index contributed by atoms with van der Waals surface area (Å²) in [6.07, 6.45) is 2.06. The van der Waals surface area contributed by atoms with Gasteiger partial charge in [0.1, 0.15) is 12.2 Å². The van der Waals surface area contributed by atoms with Crippen molar-refractivity contribution >= 4 is 22.8 Å². The molecule has 1 N–H and O–H groups in total. The number of carbonyl (C=O) groups excluding carboxylic acids is 1. The number of carboxylic acids is 1. The molecule has 2 aromatic rings. The molecule has 0 bridgehead atoms. The number of likely N-dealkylation sites (tertiary alicyclic amines) is 1. The molecule has 0 saturated carbocycles. The molecule has 1 fully saturated rings. The van der Waals surface area contributed by atoms with Gasteiger partial charge in [-0.15, -0.1) is 0 Å². The minimum absolute atomic E-state index is 0.00393. The summed E-state index contributed by atoms with van der Waals surface area (Å²) >= 11 is 0. The number of aromatic carboxylic acids is 1. The molecule has 0 radical (unpaired) electrons. The van der Waals surface area contributed by atoms with Crippen molar-refractivity contribution in [1.29, 1.82) is 0 Å². The number of benzene rings is 1. The monoisotopic (exact) mass is 286 g/mol. The van der Waals surface area contributed by atoms with Gasteiger partial charge in [-0.1, -0.05) is 18.2 Å². The van der Waals surface area contributed by atoms with Gasteiger partial charge in [0.15, 0.2) is 0 Å². The SMILES string of the molecule is Cc1c(C(=O)O)n(CC(=O)N2CCCC2)c2ccccc12. The van der Waals surface area contributed by atoms with Crippen molar-refractivity contribution in [3.05, 3.63) is 35.5 Å². The zero-order chi connectivity index (χ0) is 15.0. The van der Waals surface area contributed by atoms with Gasteiger partial charge in [-0.3, -0.25) is 4.79 Å². The zero-order valence-corrected chi connectivity index (χ0v) is 12.0. The van der Waals surface area contributed by atoms with Crippen LogP contribution in [0.5, 0.6) is 0 Å². The predicted molar refractivity (Wildman–Crippen MR) is 79.4 cm³/mol. The molecule has 1 saturated heterocycles. The molecule has 110 valence electrons. The standard InChI is InChI=1S/C16H18N2O3/c1-11-12-6-2-3-7-13(12)18(15(11)16(20)21)10-14(19)17-8-4-5-9-17/h2-3,6-7H,4-5,8-10H2,1H3,(H,20,21). The number of hydrogen-bond donors (Lipinski definition) is 1. The van der Waals surface area contributed by atoms with Crippen LogP contribution in [0.1, 0.15) is 28.9 Å². The summed E-state index contributed by atoms with van der Waals surface area (Å²) in [4.78, 5) is 25.7. The lowest BCUT2D eigenvalue weighted by molar-refractivity contribution is -0.130. The maximum atomic E-state index is 12.4. The normalized spacial score (nSPS) is 14.8.